The van der Waals surface area contributed by atoms with Gasteiger partial charge < -0.3 is 5.32 Å². The molecule has 4 aliphatic rings. The topological polar surface area (TPSA) is 59.8 Å². The molecule has 1 aromatic rings. The van der Waals surface area contributed by atoms with Gasteiger partial charge in [0.05, 0.1) is 12.4 Å². The van der Waals surface area contributed by atoms with Gasteiger partial charge in [0.1, 0.15) is 0 Å². The minimum atomic E-state index is 0.219. The van der Waals surface area contributed by atoms with E-state index in [4.69, 9.17) is 0 Å². The number of hydrogen-bond donors (Lipinski definition) is 1. The van der Waals surface area contributed by atoms with Crippen LogP contribution in [0.3, 0.4) is 0 Å². The second-order valence-corrected chi connectivity index (χ2v) is 9.59. The monoisotopic (exact) mass is 354 g/mol. The van der Waals surface area contributed by atoms with Gasteiger partial charge in [-0.15, -0.1) is 5.10 Å². The fraction of sp³-hybridized carbons (Fsp3) is 0.762. The summed E-state index contributed by atoms with van der Waals surface area (Å²) in [7, 11) is 0. The van der Waals surface area contributed by atoms with Gasteiger partial charge in [-0.3, -0.25) is 4.79 Å². The van der Waals surface area contributed by atoms with Crippen molar-refractivity contribution in [2.45, 2.75) is 58.8 Å². The van der Waals surface area contributed by atoms with Crippen LogP contribution in [-0.2, 0) is 4.79 Å². The van der Waals surface area contributed by atoms with Crippen molar-refractivity contribution in [3.63, 3.8) is 0 Å². The van der Waals surface area contributed by atoms with Crippen LogP contribution in [0.4, 0.5) is 0 Å². The Labute approximate surface area is 155 Å². The van der Waals surface area contributed by atoms with E-state index in [0.29, 0.717) is 17.3 Å². The van der Waals surface area contributed by atoms with Crippen LogP contribution in [0.1, 0.15) is 58.8 Å². The molecule has 1 aromatic heterocycles. The number of amides is 1. The molecule has 0 aromatic carbocycles. The van der Waals surface area contributed by atoms with Gasteiger partial charge in [-0.2, -0.15) is 0 Å². The number of nitrogens with zero attached hydrogens (tertiary/aromatic N) is 3. The predicted molar refractivity (Wildman–Crippen MR) is 99.8 cm³/mol. The molecular formula is C21H30N4O. The number of allylic oxidation sites excluding steroid dienone is 2. The minimum Gasteiger partial charge on any atom is -0.356 e. The summed E-state index contributed by atoms with van der Waals surface area (Å²) in [6, 6.07) is 0. The summed E-state index contributed by atoms with van der Waals surface area (Å²) in [5.74, 6) is 3.09. The molecule has 26 heavy (non-hydrogen) atoms. The lowest BCUT2D eigenvalue weighted by atomic mass is 9.46. The van der Waals surface area contributed by atoms with Gasteiger partial charge in [0.25, 0.3) is 0 Å². The fourth-order valence-electron chi connectivity index (χ4n) is 7.26. The summed E-state index contributed by atoms with van der Waals surface area (Å²) in [5, 5.41) is 11.5. The van der Waals surface area contributed by atoms with E-state index < -0.39 is 0 Å². The van der Waals surface area contributed by atoms with Gasteiger partial charge in [-0.1, -0.05) is 25.1 Å². The van der Waals surface area contributed by atoms with Crippen LogP contribution in [0.5, 0.6) is 0 Å². The number of aromatic nitrogens is 3. The minimum absolute atomic E-state index is 0.219. The molecule has 5 heteroatoms. The molecule has 2 heterocycles. The number of carbonyl (C=O) groups is 1. The van der Waals surface area contributed by atoms with Crippen molar-refractivity contribution < 1.29 is 4.79 Å². The fourth-order valence-corrected chi connectivity index (χ4v) is 7.26. The Bertz CT molecular complexity index is 741. The highest BCUT2D eigenvalue weighted by atomic mass is 16.1. The molecule has 5 rings (SSSR count). The van der Waals surface area contributed by atoms with Crippen molar-refractivity contribution in [2.24, 2.45) is 34.5 Å². The first-order valence-corrected chi connectivity index (χ1v) is 10.4. The first kappa shape index (κ1) is 16.5. The Balaban J connectivity index is 1.45. The average molecular weight is 354 g/mol. The van der Waals surface area contributed by atoms with E-state index in [1.165, 1.54) is 37.8 Å². The summed E-state index contributed by atoms with van der Waals surface area (Å²) < 4.78 is 2.00. The van der Waals surface area contributed by atoms with E-state index in [1.807, 2.05) is 10.9 Å². The van der Waals surface area contributed by atoms with Crippen LogP contribution in [-0.4, -0.2) is 27.4 Å². The molecule has 5 nitrogen and oxygen atoms in total. The maximum Gasteiger partial charge on any atom is 0.220 e. The Morgan fingerprint density at radius 2 is 2.08 bits per heavy atom. The molecule has 1 aliphatic heterocycles. The zero-order valence-corrected chi connectivity index (χ0v) is 15.9. The van der Waals surface area contributed by atoms with Gasteiger partial charge in [0.2, 0.25) is 5.91 Å². The lowest BCUT2D eigenvalue weighted by Gasteiger charge is -2.58. The van der Waals surface area contributed by atoms with Crippen LogP contribution in [0, 0.1) is 34.5 Å². The molecule has 3 fully saturated rings. The van der Waals surface area contributed by atoms with Crippen molar-refractivity contribution in [3.05, 3.63) is 18.5 Å². The van der Waals surface area contributed by atoms with Crippen molar-refractivity contribution in [2.75, 3.05) is 6.54 Å². The highest BCUT2D eigenvalue weighted by molar-refractivity contribution is 5.76. The molecule has 140 valence electrons. The lowest BCUT2D eigenvalue weighted by molar-refractivity contribution is -0.124. The molecule has 3 aliphatic carbocycles. The number of fused-ring (bicyclic) bond motifs is 5. The van der Waals surface area contributed by atoms with Crippen LogP contribution in [0.15, 0.2) is 18.5 Å². The van der Waals surface area contributed by atoms with Gasteiger partial charge >= 0.3 is 0 Å². The second kappa shape index (κ2) is 5.67. The van der Waals surface area contributed by atoms with E-state index in [-0.39, 0.29) is 11.3 Å². The Hall–Kier alpha value is -1.65. The zero-order chi connectivity index (χ0) is 17.9. The van der Waals surface area contributed by atoms with E-state index in [0.717, 1.165) is 31.2 Å². The molecule has 6 atom stereocenters. The van der Waals surface area contributed by atoms with Crippen molar-refractivity contribution in [1.82, 2.24) is 20.3 Å². The number of rotatable bonds is 1. The third-order valence-electron chi connectivity index (χ3n) is 8.69. The smallest absolute Gasteiger partial charge is 0.220 e. The van der Waals surface area contributed by atoms with Crippen molar-refractivity contribution >= 4 is 11.6 Å². The molecular weight excluding hydrogens is 324 g/mol. The lowest BCUT2D eigenvalue weighted by Crippen LogP contribution is -2.51. The van der Waals surface area contributed by atoms with Gasteiger partial charge in [0.15, 0.2) is 0 Å². The largest absolute Gasteiger partial charge is 0.356 e. The van der Waals surface area contributed by atoms with Crippen molar-refractivity contribution in [1.29, 1.82) is 0 Å². The molecule has 0 bridgehead atoms. The van der Waals surface area contributed by atoms with Crippen LogP contribution in [0.25, 0.3) is 5.70 Å². The number of nitrogens with one attached hydrogen (secondary N) is 1. The number of carbonyl (C=O) groups excluding carboxylic acids is 1. The third kappa shape index (κ3) is 2.18. The first-order valence-electron chi connectivity index (χ1n) is 10.4. The highest BCUT2D eigenvalue weighted by Crippen LogP contribution is 2.65. The normalized spacial score (nSPS) is 45.0. The molecule has 0 unspecified atom stereocenters. The SMILES string of the molecule is C[C@]12CCNC(=O)C[C@@H]1CC[C@@H]1[C@@H]2CC[C@]2(C)C(n3ccnn3)=CC[C@@H]12. The number of hydrogen-bond acceptors (Lipinski definition) is 3. The maximum absolute atomic E-state index is 12.1. The molecule has 1 saturated heterocycles. The van der Waals surface area contributed by atoms with Crippen LogP contribution >= 0.6 is 0 Å². The predicted octanol–water partition coefficient (Wildman–Crippen LogP) is 3.50. The van der Waals surface area contributed by atoms with Gasteiger partial charge in [0, 0.05) is 24.1 Å². The van der Waals surface area contributed by atoms with Crippen LogP contribution < -0.4 is 5.32 Å². The highest BCUT2D eigenvalue weighted by Gasteiger charge is 2.58. The summed E-state index contributed by atoms with van der Waals surface area (Å²) in [6.45, 7) is 5.82. The van der Waals surface area contributed by atoms with E-state index in [2.05, 4.69) is 35.6 Å². The molecule has 0 spiro atoms. The van der Waals surface area contributed by atoms with E-state index in [9.17, 15) is 4.79 Å². The third-order valence-corrected chi connectivity index (χ3v) is 8.69. The van der Waals surface area contributed by atoms with E-state index in [1.54, 1.807) is 6.20 Å². The first-order chi connectivity index (χ1) is 12.5. The zero-order valence-electron chi connectivity index (χ0n) is 15.9. The Morgan fingerprint density at radius 3 is 2.88 bits per heavy atom. The van der Waals surface area contributed by atoms with Crippen molar-refractivity contribution in [3.8, 4) is 0 Å². The Kier molecular flexibility index (Phi) is 3.60. The standard InChI is InChI=1S/C21H30N4O/c1-20-9-10-22-19(26)13-14(20)3-4-15-16-5-6-18(25-12-11-23-24-25)21(16,2)8-7-17(15)20/h6,11-12,14-17H,3-5,7-10,13H2,1-2H3,(H,22,26)/t14-,15-,16-,17-,20-,21-/m0/s1. The summed E-state index contributed by atoms with van der Waals surface area (Å²) in [5.41, 5.74) is 1.90. The molecule has 1 amide bonds. The summed E-state index contributed by atoms with van der Waals surface area (Å²) in [4.78, 5) is 12.1. The molecule has 2 saturated carbocycles. The quantitative estimate of drug-likeness (QED) is 0.840. The molecule has 0 radical (unpaired) electrons. The van der Waals surface area contributed by atoms with E-state index >= 15 is 0 Å². The second-order valence-electron chi connectivity index (χ2n) is 9.59. The van der Waals surface area contributed by atoms with Crippen LogP contribution in [0.2, 0.25) is 0 Å². The summed E-state index contributed by atoms with van der Waals surface area (Å²) in [6.07, 6.45) is 14.3. The van der Waals surface area contributed by atoms with Gasteiger partial charge in [-0.25, -0.2) is 4.68 Å². The summed E-state index contributed by atoms with van der Waals surface area (Å²) >= 11 is 0. The average Bonchev–Trinajstić information content (AvgIpc) is 3.20. The van der Waals surface area contributed by atoms with Gasteiger partial charge in [-0.05, 0) is 67.6 Å². The maximum atomic E-state index is 12.1. The Morgan fingerprint density at radius 1 is 1.19 bits per heavy atom. The molecule has 1 N–H and O–H groups in total.